The predicted octanol–water partition coefficient (Wildman–Crippen LogP) is 3.49. The summed E-state index contributed by atoms with van der Waals surface area (Å²) < 4.78 is 13.7. The van der Waals surface area contributed by atoms with E-state index in [1.54, 1.807) is 12.1 Å². The summed E-state index contributed by atoms with van der Waals surface area (Å²) in [4.78, 5) is 4.31. The molecular weight excluding hydrogens is 259 g/mol. The van der Waals surface area contributed by atoms with Crippen LogP contribution in [0.4, 0.5) is 4.39 Å². The van der Waals surface area contributed by atoms with Crippen LogP contribution in [-0.2, 0) is 6.42 Å². The lowest BCUT2D eigenvalue weighted by atomic mass is 10.0. The van der Waals surface area contributed by atoms with Crippen LogP contribution in [0.25, 0.3) is 0 Å². The van der Waals surface area contributed by atoms with Crippen LogP contribution in [0, 0.1) is 12.7 Å². The quantitative estimate of drug-likeness (QED) is 0.927. The normalized spacial score (nSPS) is 12.7. The molecule has 5 heteroatoms. The highest BCUT2D eigenvalue weighted by molar-refractivity contribution is 7.09. The lowest BCUT2D eigenvalue weighted by molar-refractivity contribution is 0.580. The van der Waals surface area contributed by atoms with Gasteiger partial charge >= 0.3 is 0 Å². The number of aryl methyl sites for hydroxylation is 1. The van der Waals surface area contributed by atoms with Gasteiger partial charge in [-0.2, -0.15) is 0 Å². The van der Waals surface area contributed by atoms with Crippen molar-refractivity contribution in [2.75, 3.05) is 0 Å². The lowest BCUT2D eigenvalue weighted by Gasteiger charge is -2.11. The van der Waals surface area contributed by atoms with Gasteiger partial charge in [0.2, 0.25) is 0 Å². The number of halogens is 2. The molecule has 1 heterocycles. The molecule has 1 aromatic carbocycles. The van der Waals surface area contributed by atoms with E-state index in [4.69, 9.17) is 17.3 Å². The maximum absolute atomic E-state index is 13.7. The van der Waals surface area contributed by atoms with Gasteiger partial charge in [0, 0.05) is 29.1 Å². The van der Waals surface area contributed by atoms with Crippen molar-refractivity contribution in [3.8, 4) is 0 Å². The van der Waals surface area contributed by atoms with Crippen molar-refractivity contribution in [1.29, 1.82) is 0 Å². The molecule has 0 aliphatic rings. The first kappa shape index (κ1) is 12.5. The predicted molar refractivity (Wildman–Crippen MR) is 68.9 cm³/mol. The van der Waals surface area contributed by atoms with Gasteiger partial charge in [0.25, 0.3) is 0 Å². The van der Waals surface area contributed by atoms with Gasteiger partial charge in [-0.05, 0) is 13.0 Å². The van der Waals surface area contributed by atoms with Gasteiger partial charge in [-0.1, -0.05) is 23.7 Å². The van der Waals surface area contributed by atoms with Gasteiger partial charge in [-0.3, -0.25) is 0 Å². The van der Waals surface area contributed by atoms with Crippen molar-refractivity contribution < 1.29 is 4.39 Å². The van der Waals surface area contributed by atoms with E-state index in [0.29, 0.717) is 12.0 Å². The number of rotatable bonds is 3. The molecule has 90 valence electrons. The van der Waals surface area contributed by atoms with E-state index in [1.807, 2.05) is 12.3 Å². The number of aromatic nitrogens is 1. The summed E-state index contributed by atoms with van der Waals surface area (Å²) in [5.41, 5.74) is 7.37. The van der Waals surface area contributed by atoms with Gasteiger partial charge < -0.3 is 5.73 Å². The Labute approximate surface area is 108 Å². The SMILES string of the molecule is Cc1csc(CC(N)c2cccc(Cl)c2F)n1. The van der Waals surface area contributed by atoms with E-state index < -0.39 is 11.9 Å². The number of benzene rings is 1. The fraction of sp³-hybridized carbons (Fsp3) is 0.250. The maximum atomic E-state index is 13.7. The van der Waals surface area contributed by atoms with Gasteiger partial charge in [-0.25, -0.2) is 9.37 Å². The number of nitrogens with two attached hydrogens (primary N) is 1. The van der Waals surface area contributed by atoms with Crippen LogP contribution in [-0.4, -0.2) is 4.98 Å². The van der Waals surface area contributed by atoms with Crippen molar-refractivity contribution in [3.63, 3.8) is 0 Å². The Morgan fingerprint density at radius 2 is 2.29 bits per heavy atom. The van der Waals surface area contributed by atoms with Crippen LogP contribution in [0.5, 0.6) is 0 Å². The van der Waals surface area contributed by atoms with E-state index in [2.05, 4.69) is 4.98 Å². The first-order valence-electron chi connectivity index (χ1n) is 5.18. The summed E-state index contributed by atoms with van der Waals surface area (Å²) in [6.45, 7) is 1.92. The van der Waals surface area contributed by atoms with Crippen LogP contribution in [0.15, 0.2) is 23.6 Å². The summed E-state index contributed by atoms with van der Waals surface area (Å²) >= 11 is 7.26. The van der Waals surface area contributed by atoms with Crippen molar-refractivity contribution in [3.05, 3.63) is 50.7 Å². The number of hydrogen-bond acceptors (Lipinski definition) is 3. The van der Waals surface area contributed by atoms with Crippen LogP contribution in [0.2, 0.25) is 5.02 Å². The maximum Gasteiger partial charge on any atom is 0.146 e. The molecular formula is C12H12ClFN2S. The molecule has 0 saturated carbocycles. The van der Waals surface area contributed by atoms with Crippen molar-refractivity contribution >= 4 is 22.9 Å². The zero-order chi connectivity index (χ0) is 12.4. The lowest BCUT2D eigenvalue weighted by Crippen LogP contribution is -2.15. The van der Waals surface area contributed by atoms with Gasteiger partial charge in [0.1, 0.15) is 5.82 Å². The molecule has 0 radical (unpaired) electrons. The molecule has 0 spiro atoms. The minimum absolute atomic E-state index is 0.105. The van der Waals surface area contributed by atoms with E-state index >= 15 is 0 Å². The molecule has 0 aliphatic heterocycles. The van der Waals surface area contributed by atoms with Gasteiger partial charge in [0.15, 0.2) is 0 Å². The molecule has 0 amide bonds. The third-order valence-corrected chi connectivity index (χ3v) is 3.72. The Bertz CT molecular complexity index is 527. The number of hydrogen-bond donors (Lipinski definition) is 1. The zero-order valence-corrected chi connectivity index (χ0v) is 10.9. The topological polar surface area (TPSA) is 38.9 Å². The molecule has 0 fully saturated rings. The molecule has 2 aromatic rings. The highest BCUT2D eigenvalue weighted by atomic mass is 35.5. The number of nitrogens with zero attached hydrogens (tertiary/aromatic N) is 1. The highest BCUT2D eigenvalue weighted by Crippen LogP contribution is 2.25. The Kier molecular flexibility index (Phi) is 3.76. The average molecular weight is 271 g/mol. The first-order valence-corrected chi connectivity index (χ1v) is 6.44. The van der Waals surface area contributed by atoms with Crippen molar-refractivity contribution in [2.45, 2.75) is 19.4 Å². The van der Waals surface area contributed by atoms with Crippen LogP contribution >= 0.6 is 22.9 Å². The van der Waals surface area contributed by atoms with Crippen LogP contribution in [0.1, 0.15) is 22.3 Å². The van der Waals surface area contributed by atoms with Crippen LogP contribution < -0.4 is 5.73 Å². The molecule has 2 nitrogen and oxygen atoms in total. The molecule has 2 rings (SSSR count). The molecule has 2 N–H and O–H groups in total. The second-order valence-corrected chi connectivity index (χ2v) is 5.19. The average Bonchev–Trinajstić information content (AvgIpc) is 2.68. The Hall–Kier alpha value is -0.970. The fourth-order valence-electron chi connectivity index (χ4n) is 1.60. The Balaban J connectivity index is 2.20. The highest BCUT2D eigenvalue weighted by Gasteiger charge is 2.15. The molecule has 0 aliphatic carbocycles. The van der Waals surface area contributed by atoms with Crippen LogP contribution in [0.3, 0.4) is 0 Å². The summed E-state index contributed by atoms with van der Waals surface area (Å²) in [6, 6.07) is 4.46. The Morgan fingerprint density at radius 3 is 2.94 bits per heavy atom. The third-order valence-electron chi connectivity index (χ3n) is 2.44. The second-order valence-electron chi connectivity index (χ2n) is 3.84. The molecule has 0 bridgehead atoms. The summed E-state index contributed by atoms with van der Waals surface area (Å²) in [7, 11) is 0. The van der Waals surface area contributed by atoms with E-state index in [-0.39, 0.29) is 5.02 Å². The second kappa shape index (κ2) is 5.12. The van der Waals surface area contributed by atoms with E-state index in [9.17, 15) is 4.39 Å². The smallest absolute Gasteiger partial charge is 0.146 e. The summed E-state index contributed by atoms with van der Waals surface area (Å²) in [5.74, 6) is -0.435. The summed E-state index contributed by atoms with van der Waals surface area (Å²) in [6.07, 6.45) is 0.524. The molecule has 1 atom stereocenters. The fourth-order valence-corrected chi connectivity index (χ4v) is 2.62. The zero-order valence-electron chi connectivity index (χ0n) is 9.28. The minimum Gasteiger partial charge on any atom is -0.324 e. The molecule has 17 heavy (non-hydrogen) atoms. The van der Waals surface area contributed by atoms with E-state index in [0.717, 1.165) is 10.7 Å². The van der Waals surface area contributed by atoms with Crippen molar-refractivity contribution in [2.24, 2.45) is 5.73 Å². The molecule has 0 saturated heterocycles. The van der Waals surface area contributed by atoms with E-state index in [1.165, 1.54) is 17.4 Å². The summed E-state index contributed by atoms with van der Waals surface area (Å²) in [5, 5.41) is 2.97. The van der Waals surface area contributed by atoms with Crippen molar-refractivity contribution in [1.82, 2.24) is 4.98 Å². The largest absolute Gasteiger partial charge is 0.324 e. The molecule has 1 aromatic heterocycles. The first-order chi connectivity index (χ1) is 8.08. The molecule has 1 unspecified atom stereocenters. The Morgan fingerprint density at radius 1 is 1.53 bits per heavy atom. The monoisotopic (exact) mass is 270 g/mol. The number of thiazole rings is 1. The van der Waals surface area contributed by atoms with Gasteiger partial charge in [0.05, 0.1) is 10.0 Å². The van der Waals surface area contributed by atoms with Gasteiger partial charge in [-0.15, -0.1) is 11.3 Å². The standard InChI is InChI=1S/C12H12ClFN2S/c1-7-6-17-11(16-7)5-10(15)8-3-2-4-9(13)12(8)14/h2-4,6,10H,5,15H2,1H3. The minimum atomic E-state index is -0.435. The third kappa shape index (κ3) is 2.83.